The number of carbonyl (C=O) groups excluding carboxylic acids is 1. The predicted molar refractivity (Wildman–Crippen MR) is 121 cm³/mol. The van der Waals surface area contributed by atoms with Crippen LogP contribution in [0.2, 0.25) is 0 Å². The predicted octanol–water partition coefficient (Wildman–Crippen LogP) is 4.24. The number of benzene rings is 1. The van der Waals surface area contributed by atoms with Crippen molar-refractivity contribution in [2.24, 2.45) is 0 Å². The second kappa shape index (κ2) is 9.30. The van der Waals surface area contributed by atoms with Crippen molar-refractivity contribution in [3.8, 4) is 0 Å². The first-order chi connectivity index (χ1) is 16.3. The van der Waals surface area contributed by atoms with Crippen LogP contribution in [0.25, 0.3) is 0 Å². The van der Waals surface area contributed by atoms with Crippen molar-refractivity contribution in [1.82, 2.24) is 15.2 Å². The van der Waals surface area contributed by atoms with E-state index in [9.17, 15) is 18.0 Å². The fourth-order valence-corrected chi connectivity index (χ4v) is 5.78. The van der Waals surface area contributed by atoms with Crippen LogP contribution < -0.4 is 5.32 Å². The van der Waals surface area contributed by atoms with Crippen molar-refractivity contribution in [3.63, 3.8) is 0 Å². The van der Waals surface area contributed by atoms with E-state index in [1.54, 1.807) is 4.90 Å². The highest BCUT2D eigenvalue weighted by molar-refractivity contribution is 5.89. The van der Waals surface area contributed by atoms with Crippen LogP contribution in [0.5, 0.6) is 0 Å². The lowest BCUT2D eigenvalue weighted by molar-refractivity contribution is -0.138. The molecule has 1 aliphatic carbocycles. The molecule has 3 heterocycles. The number of alkyl halides is 3. The molecule has 1 saturated heterocycles. The molecule has 1 aromatic heterocycles. The second-order valence-electron chi connectivity index (χ2n) is 9.75. The Balaban J connectivity index is 1.39. The summed E-state index contributed by atoms with van der Waals surface area (Å²) in [6.45, 7) is 2.15. The normalized spacial score (nSPS) is 25.9. The number of nitrogens with one attached hydrogen (secondary N) is 1. The number of halogens is 3. The first-order valence-electron chi connectivity index (χ1n) is 12.1. The highest BCUT2D eigenvalue weighted by atomic mass is 19.4. The third kappa shape index (κ3) is 4.58. The topological polar surface area (TPSA) is 54.5 Å². The summed E-state index contributed by atoms with van der Waals surface area (Å²) < 4.78 is 45.2. The molecule has 2 aliphatic heterocycles. The van der Waals surface area contributed by atoms with Crippen LogP contribution in [0.15, 0.2) is 42.6 Å². The zero-order valence-corrected chi connectivity index (χ0v) is 19.1. The molecule has 8 heteroatoms. The summed E-state index contributed by atoms with van der Waals surface area (Å²) in [5.74, 6) is 0.0121. The molecular weight excluding hydrogens is 443 g/mol. The quantitative estimate of drug-likeness (QED) is 0.722. The molecule has 182 valence electrons. The lowest BCUT2D eigenvalue weighted by Gasteiger charge is -2.38. The molecule has 3 aliphatic rings. The zero-order valence-electron chi connectivity index (χ0n) is 19.1. The Hall–Kier alpha value is -2.45. The molecule has 0 bridgehead atoms. The third-order valence-corrected chi connectivity index (χ3v) is 7.60. The van der Waals surface area contributed by atoms with E-state index >= 15 is 0 Å². The van der Waals surface area contributed by atoms with Crippen LogP contribution in [0.3, 0.4) is 0 Å². The minimum atomic E-state index is -4.45. The molecule has 5 rings (SSSR count). The highest BCUT2D eigenvalue weighted by Gasteiger charge is 2.49. The standard InChI is InChI=1S/C26H30F3N3O2/c27-26(28,29)20-14-18-17-32(11-7-23(18)30-16-20)24(33)25(19-4-2-1-3-5-19)10-6-22(15-25)31-21-8-12-34-13-9-21/h1-5,14,16,21-22,31H,6-13,15,17H2/t22?,25-/m0/s1. The number of hydrogen-bond donors (Lipinski definition) is 1. The summed E-state index contributed by atoms with van der Waals surface area (Å²) in [4.78, 5) is 19.9. The van der Waals surface area contributed by atoms with Crippen LogP contribution in [-0.4, -0.2) is 47.6 Å². The van der Waals surface area contributed by atoms with Crippen molar-refractivity contribution >= 4 is 5.91 Å². The van der Waals surface area contributed by atoms with Gasteiger partial charge in [0.05, 0.1) is 11.0 Å². The number of pyridine rings is 1. The van der Waals surface area contributed by atoms with Crippen molar-refractivity contribution in [2.75, 3.05) is 19.8 Å². The SMILES string of the molecule is O=C(N1CCc2ncc(C(F)(F)F)cc2C1)[C@@]1(c2ccccc2)CCC(NC2CCOCC2)C1. The molecule has 5 nitrogen and oxygen atoms in total. The summed E-state index contributed by atoms with van der Waals surface area (Å²) in [5, 5.41) is 3.75. The number of carbonyl (C=O) groups is 1. The molecule has 2 aromatic rings. The number of amides is 1. The van der Waals surface area contributed by atoms with E-state index in [1.807, 2.05) is 30.3 Å². The van der Waals surface area contributed by atoms with Gasteiger partial charge in [-0.25, -0.2) is 0 Å². The Morgan fingerprint density at radius 2 is 1.88 bits per heavy atom. The van der Waals surface area contributed by atoms with E-state index in [-0.39, 0.29) is 18.5 Å². The summed E-state index contributed by atoms with van der Waals surface area (Å²) in [5.41, 5.74) is 0.699. The molecule has 2 fully saturated rings. The highest BCUT2D eigenvalue weighted by Crippen LogP contribution is 2.44. The molecule has 34 heavy (non-hydrogen) atoms. The number of nitrogens with zero attached hydrogens (tertiary/aromatic N) is 2. The zero-order chi connectivity index (χ0) is 23.8. The van der Waals surface area contributed by atoms with Crippen molar-refractivity contribution < 1.29 is 22.7 Å². The van der Waals surface area contributed by atoms with Gasteiger partial charge in [0.25, 0.3) is 0 Å². The largest absolute Gasteiger partial charge is 0.417 e. The number of aromatic nitrogens is 1. The van der Waals surface area contributed by atoms with Gasteiger partial charge < -0.3 is 15.0 Å². The number of fused-ring (bicyclic) bond motifs is 1. The third-order valence-electron chi connectivity index (χ3n) is 7.60. The van der Waals surface area contributed by atoms with Crippen molar-refractivity contribution in [3.05, 3.63) is 65.0 Å². The molecule has 0 spiro atoms. The molecule has 1 amide bonds. The molecule has 0 radical (unpaired) electrons. The minimum Gasteiger partial charge on any atom is -0.381 e. The second-order valence-corrected chi connectivity index (χ2v) is 9.75. The lowest BCUT2D eigenvalue weighted by atomic mass is 9.77. The Bertz CT molecular complexity index is 1020. The first-order valence-corrected chi connectivity index (χ1v) is 12.1. The van der Waals surface area contributed by atoms with Crippen LogP contribution in [-0.2, 0) is 34.1 Å². The first kappa shape index (κ1) is 23.3. The lowest BCUT2D eigenvalue weighted by Crippen LogP contribution is -2.49. The number of ether oxygens (including phenoxy) is 1. The maximum atomic E-state index is 14.1. The van der Waals surface area contributed by atoms with Gasteiger partial charge in [0.2, 0.25) is 5.91 Å². The summed E-state index contributed by atoms with van der Waals surface area (Å²) in [6, 6.07) is 11.6. The molecule has 1 unspecified atom stereocenters. The van der Waals surface area contributed by atoms with Crippen LogP contribution >= 0.6 is 0 Å². The summed E-state index contributed by atoms with van der Waals surface area (Å²) >= 11 is 0. The van der Waals surface area contributed by atoms with Crippen LogP contribution in [0, 0.1) is 0 Å². The fraction of sp³-hybridized carbons (Fsp3) is 0.538. The van der Waals surface area contributed by atoms with Gasteiger partial charge in [0, 0.05) is 56.7 Å². The van der Waals surface area contributed by atoms with Gasteiger partial charge in [0.15, 0.2) is 0 Å². The van der Waals surface area contributed by atoms with E-state index in [1.165, 1.54) is 0 Å². The van der Waals surface area contributed by atoms with E-state index in [0.717, 1.165) is 56.7 Å². The van der Waals surface area contributed by atoms with Gasteiger partial charge in [-0.15, -0.1) is 0 Å². The summed E-state index contributed by atoms with van der Waals surface area (Å²) in [7, 11) is 0. The van der Waals surface area contributed by atoms with Gasteiger partial charge >= 0.3 is 6.18 Å². The van der Waals surface area contributed by atoms with Crippen LogP contribution in [0.4, 0.5) is 13.2 Å². The fourth-order valence-electron chi connectivity index (χ4n) is 5.78. The maximum Gasteiger partial charge on any atom is 0.417 e. The number of hydrogen-bond acceptors (Lipinski definition) is 4. The Kier molecular flexibility index (Phi) is 6.37. The average Bonchev–Trinajstić information content (AvgIpc) is 3.28. The Labute approximate surface area is 197 Å². The van der Waals surface area contributed by atoms with E-state index in [2.05, 4.69) is 10.3 Å². The Morgan fingerprint density at radius 1 is 1.12 bits per heavy atom. The van der Waals surface area contributed by atoms with Gasteiger partial charge in [-0.2, -0.15) is 13.2 Å². The van der Waals surface area contributed by atoms with Crippen molar-refractivity contribution in [1.29, 1.82) is 0 Å². The van der Waals surface area contributed by atoms with Gasteiger partial charge in [0.1, 0.15) is 0 Å². The van der Waals surface area contributed by atoms with Crippen molar-refractivity contribution in [2.45, 2.75) is 68.7 Å². The maximum absolute atomic E-state index is 14.1. The molecular formula is C26H30F3N3O2. The molecule has 2 atom stereocenters. The van der Waals surface area contributed by atoms with E-state index < -0.39 is 17.2 Å². The molecule has 1 aromatic carbocycles. The molecule has 1 N–H and O–H groups in total. The van der Waals surface area contributed by atoms with E-state index in [0.29, 0.717) is 36.7 Å². The average molecular weight is 474 g/mol. The summed E-state index contributed by atoms with van der Waals surface area (Å²) in [6.07, 6.45) is 1.16. The van der Waals surface area contributed by atoms with E-state index in [4.69, 9.17) is 4.74 Å². The van der Waals surface area contributed by atoms with Gasteiger partial charge in [-0.05, 0) is 49.3 Å². The van der Waals surface area contributed by atoms with Crippen LogP contribution in [0.1, 0.15) is 54.5 Å². The smallest absolute Gasteiger partial charge is 0.381 e. The molecule has 1 saturated carbocycles. The Morgan fingerprint density at radius 3 is 2.62 bits per heavy atom. The van der Waals surface area contributed by atoms with Gasteiger partial charge in [-0.3, -0.25) is 9.78 Å². The number of rotatable bonds is 4. The monoisotopic (exact) mass is 473 g/mol. The minimum absolute atomic E-state index is 0.0121. The van der Waals surface area contributed by atoms with Gasteiger partial charge in [-0.1, -0.05) is 30.3 Å².